The van der Waals surface area contributed by atoms with E-state index >= 15 is 0 Å². The molecule has 1 aromatic carbocycles. The van der Waals surface area contributed by atoms with Crippen LogP contribution in [0.3, 0.4) is 0 Å². The summed E-state index contributed by atoms with van der Waals surface area (Å²) in [6.45, 7) is 5.58. The summed E-state index contributed by atoms with van der Waals surface area (Å²) in [5.74, 6) is -1.78. The van der Waals surface area contributed by atoms with Crippen LogP contribution < -0.4 is 14.9 Å². The molecule has 1 aromatic heterocycles. The zero-order chi connectivity index (χ0) is 27.5. The molecule has 2 N–H and O–H groups in total. The summed E-state index contributed by atoms with van der Waals surface area (Å²) in [5.41, 5.74) is -0.141. The van der Waals surface area contributed by atoms with Gasteiger partial charge in [0.1, 0.15) is 17.3 Å². The minimum Gasteiger partial charge on any atom is -0.372 e. The number of anilines is 1. The fraction of sp³-hybridized carbons (Fsp3) is 0.500. The molecule has 0 bridgehead atoms. The van der Waals surface area contributed by atoms with E-state index in [9.17, 15) is 30.8 Å². The number of nitrogens with zero attached hydrogens (tertiary/aromatic N) is 2. The normalized spacial score (nSPS) is 19.5. The Kier molecular flexibility index (Phi) is 8.81. The van der Waals surface area contributed by atoms with Crippen molar-refractivity contribution >= 4 is 21.7 Å². The van der Waals surface area contributed by atoms with Gasteiger partial charge in [0.05, 0.1) is 24.4 Å². The minimum atomic E-state index is -4.62. The van der Waals surface area contributed by atoms with Crippen LogP contribution in [0.2, 0.25) is 0 Å². The molecule has 2 heterocycles. The van der Waals surface area contributed by atoms with Crippen LogP contribution >= 0.6 is 0 Å². The number of carbonyl (C=O) groups excluding carboxylic acids is 1. The summed E-state index contributed by atoms with van der Waals surface area (Å²) in [7, 11) is -3.50. The van der Waals surface area contributed by atoms with Gasteiger partial charge in [-0.3, -0.25) is 4.79 Å². The lowest BCUT2D eigenvalue weighted by atomic mass is 9.98. The number of amides is 1. The van der Waals surface area contributed by atoms with Crippen molar-refractivity contribution in [3.05, 3.63) is 58.5 Å². The second kappa shape index (κ2) is 11.3. The highest BCUT2D eigenvalue weighted by atomic mass is 32.2. The van der Waals surface area contributed by atoms with Crippen LogP contribution in [0, 0.1) is 5.82 Å². The first-order chi connectivity index (χ1) is 17.1. The Bertz CT molecular complexity index is 1230. The van der Waals surface area contributed by atoms with Gasteiger partial charge in [-0.25, -0.2) is 22.5 Å². The molecule has 0 radical (unpaired) electrons. The number of ether oxygens (including phenoxy) is 1. The fourth-order valence-electron chi connectivity index (χ4n) is 4.07. The van der Waals surface area contributed by atoms with Crippen molar-refractivity contribution in [2.24, 2.45) is 0 Å². The van der Waals surface area contributed by atoms with Gasteiger partial charge in [-0.1, -0.05) is 18.2 Å². The predicted octanol–water partition coefficient (Wildman–Crippen LogP) is 3.32. The molecule has 1 unspecified atom stereocenters. The summed E-state index contributed by atoms with van der Waals surface area (Å²) >= 11 is 0. The smallest absolute Gasteiger partial charge is 0.372 e. The number of nitrogens with one attached hydrogen (secondary N) is 2. The van der Waals surface area contributed by atoms with Crippen LogP contribution in [0.4, 0.5) is 23.4 Å². The van der Waals surface area contributed by atoms with Crippen molar-refractivity contribution in [2.75, 3.05) is 24.2 Å². The van der Waals surface area contributed by atoms with E-state index in [0.717, 1.165) is 18.4 Å². The van der Waals surface area contributed by atoms with E-state index in [-0.39, 0.29) is 36.7 Å². The number of hydrogen-bond acceptors (Lipinski definition) is 6. The summed E-state index contributed by atoms with van der Waals surface area (Å²) in [5, 5.41) is 2.70. The first-order valence-corrected chi connectivity index (χ1v) is 13.5. The van der Waals surface area contributed by atoms with E-state index in [1.807, 2.05) is 13.8 Å². The van der Waals surface area contributed by atoms with E-state index in [4.69, 9.17) is 4.74 Å². The van der Waals surface area contributed by atoms with Crippen molar-refractivity contribution in [3.8, 4) is 0 Å². The Hall–Kier alpha value is -2.77. The number of hydrogen-bond donors (Lipinski definition) is 2. The van der Waals surface area contributed by atoms with Crippen molar-refractivity contribution in [1.82, 2.24) is 15.0 Å². The molecule has 1 fully saturated rings. The largest absolute Gasteiger partial charge is 0.433 e. The molecule has 0 saturated carbocycles. The molecular formula is C24H30F4N4O4S. The van der Waals surface area contributed by atoms with Gasteiger partial charge in [0.15, 0.2) is 0 Å². The second-order valence-electron chi connectivity index (χ2n) is 9.22. The lowest BCUT2D eigenvalue weighted by Crippen LogP contribution is -2.46. The highest BCUT2D eigenvalue weighted by Gasteiger charge is 2.34. The van der Waals surface area contributed by atoms with Gasteiger partial charge in [-0.15, -0.1) is 0 Å². The van der Waals surface area contributed by atoms with E-state index in [1.54, 1.807) is 11.8 Å². The number of pyridine rings is 1. The highest BCUT2D eigenvalue weighted by molar-refractivity contribution is 7.88. The molecule has 0 spiro atoms. The van der Waals surface area contributed by atoms with Gasteiger partial charge in [0, 0.05) is 37.3 Å². The number of sulfonamides is 1. The first kappa shape index (κ1) is 28.8. The third kappa shape index (κ3) is 7.86. The molecule has 0 aliphatic carbocycles. The number of halogens is 4. The van der Waals surface area contributed by atoms with Crippen LogP contribution in [0.25, 0.3) is 0 Å². The molecule has 1 aliphatic heterocycles. The SMILES string of the molecule is CC(C(=O)NCc1ccc(C(F)(F)F)nc1N1C[C@@H](C)O[C@@H](C)C1)c1ccc(CNS(C)(=O)=O)c(F)c1. The van der Waals surface area contributed by atoms with Gasteiger partial charge >= 0.3 is 6.18 Å². The van der Waals surface area contributed by atoms with Gasteiger partial charge < -0.3 is 15.0 Å². The number of aromatic nitrogens is 1. The maximum atomic E-state index is 14.5. The molecule has 37 heavy (non-hydrogen) atoms. The third-order valence-corrected chi connectivity index (χ3v) is 6.58. The summed E-state index contributed by atoms with van der Waals surface area (Å²) in [6, 6.07) is 6.25. The lowest BCUT2D eigenvalue weighted by molar-refractivity contribution is -0.141. The van der Waals surface area contributed by atoms with Crippen molar-refractivity contribution in [1.29, 1.82) is 0 Å². The summed E-state index contributed by atoms with van der Waals surface area (Å²) in [6.07, 6.45) is -4.09. The lowest BCUT2D eigenvalue weighted by Gasteiger charge is -2.37. The summed E-state index contributed by atoms with van der Waals surface area (Å²) < 4.78 is 84.9. The highest BCUT2D eigenvalue weighted by Crippen LogP contribution is 2.32. The van der Waals surface area contributed by atoms with Gasteiger partial charge in [0.25, 0.3) is 0 Å². The van der Waals surface area contributed by atoms with Crippen molar-refractivity contribution in [2.45, 2.75) is 58.2 Å². The Morgan fingerprint density at radius 2 is 1.76 bits per heavy atom. The van der Waals surface area contributed by atoms with Gasteiger partial charge in [-0.2, -0.15) is 13.2 Å². The minimum absolute atomic E-state index is 0.0807. The first-order valence-electron chi connectivity index (χ1n) is 11.6. The third-order valence-electron chi connectivity index (χ3n) is 5.91. The van der Waals surface area contributed by atoms with E-state index in [1.165, 1.54) is 18.2 Å². The maximum absolute atomic E-state index is 14.5. The molecule has 8 nitrogen and oxygen atoms in total. The Morgan fingerprint density at radius 3 is 2.32 bits per heavy atom. The molecule has 3 rings (SSSR count). The van der Waals surface area contributed by atoms with Crippen LogP contribution in [-0.4, -0.2) is 50.9 Å². The van der Waals surface area contributed by atoms with Crippen LogP contribution in [0.15, 0.2) is 30.3 Å². The number of carbonyl (C=O) groups is 1. The average molecular weight is 547 g/mol. The fourth-order valence-corrected chi connectivity index (χ4v) is 4.49. The predicted molar refractivity (Wildman–Crippen MR) is 130 cm³/mol. The number of rotatable bonds is 8. The molecular weight excluding hydrogens is 516 g/mol. The van der Waals surface area contributed by atoms with Gasteiger partial charge in [0.2, 0.25) is 15.9 Å². The second-order valence-corrected chi connectivity index (χ2v) is 11.1. The molecule has 1 amide bonds. The van der Waals surface area contributed by atoms with Crippen molar-refractivity contribution < 1.29 is 35.5 Å². The van der Waals surface area contributed by atoms with Crippen LogP contribution in [-0.2, 0) is 38.8 Å². The molecule has 13 heteroatoms. The Labute approximate surface area is 213 Å². The molecule has 1 saturated heterocycles. The van der Waals surface area contributed by atoms with Crippen LogP contribution in [0.1, 0.15) is 49.1 Å². The maximum Gasteiger partial charge on any atom is 0.433 e. The number of alkyl halides is 3. The van der Waals surface area contributed by atoms with E-state index in [0.29, 0.717) is 24.2 Å². The summed E-state index contributed by atoms with van der Waals surface area (Å²) in [4.78, 5) is 18.4. The Balaban J connectivity index is 1.76. The number of morpholine rings is 1. The zero-order valence-corrected chi connectivity index (χ0v) is 21.7. The quantitative estimate of drug-likeness (QED) is 0.493. The topological polar surface area (TPSA) is 101 Å². The van der Waals surface area contributed by atoms with E-state index in [2.05, 4.69) is 15.0 Å². The number of benzene rings is 1. The standard InChI is InChI=1S/C24H30F4N4O4S/c1-14-12-32(13-15(2)36-14)22-19(7-8-21(31-22)24(26,27)28)10-29-23(33)16(3)17-5-6-18(20(25)9-17)11-30-37(4,34)35/h5-9,14-16,30H,10-13H2,1-4H3,(H,29,33)/t14-,15+,16?. The monoisotopic (exact) mass is 546 g/mol. The average Bonchev–Trinajstić information content (AvgIpc) is 2.79. The molecule has 2 aromatic rings. The van der Waals surface area contributed by atoms with E-state index < -0.39 is 39.5 Å². The van der Waals surface area contributed by atoms with Gasteiger partial charge in [-0.05, 0) is 38.5 Å². The molecule has 1 aliphatic rings. The van der Waals surface area contributed by atoms with Crippen molar-refractivity contribution in [3.63, 3.8) is 0 Å². The molecule has 3 atom stereocenters. The van der Waals surface area contributed by atoms with Crippen LogP contribution in [0.5, 0.6) is 0 Å². The zero-order valence-electron chi connectivity index (χ0n) is 20.9. The Morgan fingerprint density at radius 1 is 1.14 bits per heavy atom. The molecule has 204 valence electrons.